The minimum atomic E-state index is 0.132. The fraction of sp³-hybridized carbons (Fsp3) is 0.267. The summed E-state index contributed by atoms with van der Waals surface area (Å²) in [6, 6.07) is 8.19. The molecule has 1 atom stereocenters. The summed E-state index contributed by atoms with van der Waals surface area (Å²) in [6.45, 7) is 2.03. The van der Waals surface area contributed by atoms with E-state index in [2.05, 4.69) is 22.4 Å². The van der Waals surface area contributed by atoms with Crippen LogP contribution in [0, 0.1) is 6.92 Å². The molecule has 0 aliphatic rings. The molecule has 0 radical (unpaired) electrons. The molecule has 0 saturated heterocycles. The summed E-state index contributed by atoms with van der Waals surface area (Å²) in [6.07, 6.45) is 4.20. The van der Waals surface area contributed by atoms with Crippen molar-refractivity contribution in [1.29, 1.82) is 0 Å². The SMILES string of the molecule is CNC(Cc1ccncc1Cl)c1ccc(C)cc1Cl. The number of hydrogen-bond acceptors (Lipinski definition) is 2. The van der Waals surface area contributed by atoms with Crippen LogP contribution in [0.5, 0.6) is 0 Å². The second-order valence-corrected chi connectivity index (χ2v) is 5.35. The highest BCUT2D eigenvalue weighted by Gasteiger charge is 2.15. The average molecular weight is 295 g/mol. The van der Waals surface area contributed by atoms with Crippen LogP contribution in [0.4, 0.5) is 0 Å². The Morgan fingerprint density at radius 3 is 2.63 bits per heavy atom. The third-order valence-electron chi connectivity index (χ3n) is 3.16. The predicted molar refractivity (Wildman–Crippen MR) is 80.9 cm³/mol. The number of nitrogens with one attached hydrogen (secondary N) is 1. The van der Waals surface area contributed by atoms with Crippen molar-refractivity contribution in [1.82, 2.24) is 10.3 Å². The Morgan fingerprint density at radius 2 is 2.00 bits per heavy atom. The summed E-state index contributed by atoms with van der Waals surface area (Å²) in [5.74, 6) is 0. The van der Waals surface area contributed by atoms with E-state index in [1.807, 2.05) is 26.1 Å². The summed E-state index contributed by atoms with van der Waals surface area (Å²) < 4.78 is 0. The molecule has 1 aromatic carbocycles. The van der Waals surface area contributed by atoms with Crippen LogP contribution in [0.1, 0.15) is 22.7 Å². The van der Waals surface area contributed by atoms with Crippen LogP contribution < -0.4 is 5.32 Å². The van der Waals surface area contributed by atoms with Crippen molar-refractivity contribution >= 4 is 23.2 Å². The fourth-order valence-corrected chi connectivity index (χ4v) is 2.64. The molecule has 1 N–H and O–H groups in total. The lowest BCUT2D eigenvalue weighted by molar-refractivity contribution is 0.592. The molecule has 1 heterocycles. The van der Waals surface area contributed by atoms with Gasteiger partial charge in [0.25, 0.3) is 0 Å². The van der Waals surface area contributed by atoms with Crippen molar-refractivity contribution in [3.05, 3.63) is 63.4 Å². The van der Waals surface area contributed by atoms with Gasteiger partial charge in [-0.2, -0.15) is 0 Å². The maximum atomic E-state index is 6.32. The maximum Gasteiger partial charge on any atom is 0.0622 e. The van der Waals surface area contributed by atoms with Gasteiger partial charge in [-0.25, -0.2) is 0 Å². The first kappa shape index (κ1) is 14.3. The van der Waals surface area contributed by atoms with E-state index in [0.717, 1.165) is 28.1 Å². The third kappa shape index (κ3) is 3.47. The van der Waals surface area contributed by atoms with Gasteiger partial charge in [0.2, 0.25) is 0 Å². The molecule has 4 heteroatoms. The largest absolute Gasteiger partial charge is 0.313 e. The highest BCUT2D eigenvalue weighted by atomic mass is 35.5. The molecule has 2 rings (SSSR count). The molecule has 0 bridgehead atoms. The molecule has 0 amide bonds. The van der Waals surface area contributed by atoms with E-state index in [9.17, 15) is 0 Å². The standard InChI is InChI=1S/C15H16Cl2N2/c1-10-3-4-12(13(16)7-10)15(18-2)8-11-5-6-19-9-14(11)17/h3-7,9,15,18H,8H2,1-2H3. The minimum Gasteiger partial charge on any atom is -0.313 e. The van der Waals surface area contributed by atoms with Crippen molar-refractivity contribution in [2.75, 3.05) is 7.05 Å². The molecule has 0 fully saturated rings. The predicted octanol–water partition coefficient (Wildman–Crippen LogP) is 4.20. The number of benzene rings is 1. The van der Waals surface area contributed by atoms with Crippen LogP contribution in [0.3, 0.4) is 0 Å². The fourth-order valence-electron chi connectivity index (χ4n) is 2.07. The number of rotatable bonds is 4. The first-order valence-corrected chi connectivity index (χ1v) is 6.89. The van der Waals surface area contributed by atoms with Crippen LogP contribution >= 0.6 is 23.2 Å². The zero-order valence-corrected chi connectivity index (χ0v) is 12.5. The van der Waals surface area contributed by atoms with Crippen LogP contribution in [-0.4, -0.2) is 12.0 Å². The second-order valence-electron chi connectivity index (χ2n) is 4.54. The Bertz CT molecular complexity index is 570. The molecule has 100 valence electrons. The summed E-state index contributed by atoms with van der Waals surface area (Å²) in [5, 5.41) is 4.76. The van der Waals surface area contributed by atoms with Crippen LogP contribution in [0.2, 0.25) is 10.0 Å². The number of aryl methyl sites for hydroxylation is 1. The lowest BCUT2D eigenvalue weighted by Gasteiger charge is -2.19. The lowest BCUT2D eigenvalue weighted by atomic mass is 9.98. The highest BCUT2D eigenvalue weighted by Crippen LogP contribution is 2.28. The smallest absolute Gasteiger partial charge is 0.0622 e. The van der Waals surface area contributed by atoms with Crippen molar-refractivity contribution in [3.8, 4) is 0 Å². The topological polar surface area (TPSA) is 24.9 Å². The number of hydrogen-bond donors (Lipinski definition) is 1. The average Bonchev–Trinajstić information content (AvgIpc) is 2.39. The van der Waals surface area contributed by atoms with Gasteiger partial charge in [0.05, 0.1) is 5.02 Å². The van der Waals surface area contributed by atoms with Crippen molar-refractivity contribution in [2.24, 2.45) is 0 Å². The molecule has 2 aromatic rings. The molecule has 2 nitrogen and oxygen atoms in total. The number of pyridine rings is 1. The Kier molecular flexibility index (Phi) is 4.81. The normalized spacial score (nSPS) is 12.4. The Labute approximate surface area is 123 Å². The van der Waals surface area contributed by atoms with Gasteiger partial charge < -0.3 is 5.32 Å². The van der Waals surface area contributed by atoms with Gasteiger partial charge in [0.15, 0.2) is 0 Å². The van der Waals surface area contributed by atoms with E-state index in [1.54, 1.807) is 12.4 Å². The number of halogens is 2. The summed E-state index contributed by atoms with van der Waals surface area (Å²) >= 11 is 12.5. The highest BCUT2D eigenvalue weighted by molar-refractivity contribution is 6.31. The van der Waals surface area contributed by atoms with Crippen molar-refractivity contribution in [3.63, 3.8) is 0 Å². The molecular formula is C15H16Cl2N2. The molecule has 0 aliphatic carbocycles. The number of aromatic nitrogens is 1. The summed E-state index contributed by atoms with van der Waals surface area (Å²) in [7, 11) is 1.93. The quantitative estimate of drug-likeness (QED) is 0.914. The first-order valence-electron chi connectivity index (χ1n) is 6.13. The van der Waals surface area contributed by atoms with E-state index in [-0.39, 0.29) is 6.04 Å². The number of likely N-dealkylation sites (N-methyl/N-ethyl adjacent to an activating group) is 1. The molecule has 0 saturated carbocycles. The molecule has 1 aromatic heterocycles. The van der Waals surface area contributed by atoms with E-state index in [1.165, 1.54) is 0 Å². The van der Waals surface area contributed by atoms with E-state index >= 15 is 0 Å². The Morgan fingerprint density at radius 1 is 1.21 bits per heavy atom. The summed E-state index contributed by atoms with van der Waals surface area (Å²) in [4.78, 5) is 4.00. The van der Waals surface area contributed by atoms with Crippen LogP contribution in [-0.2, 0) is 6.42 Å². The molecule has 0 aliphatic heterocycles. The van der Waals surface area contributed by atoms with Gasteiger partial charge in [-0.05, 0) is 49.2 Å². The molecule has 1 unspecified atom stereocenters. The zero-order valence-electron chi connectivity index (χ0n) is 11.0. The number of nitrogens with zero attached hydrogens (tertiary/aromatic N) is 1. The van der Waals surface area contributed by atoms with Gasteiger partial charge in [0.1, 0.15) is 0 Å². The Balaban J connectivity index is 2.28. The van der Waals surface area contributed by atoms with Crippen molar-refractivity contribution in [2.45, 2.75) is 19.4 Å². The van der Waals surface area contributed by atoms with Gasteiger partial charge in [-0.15, -0.1) is 0 Å². The van der Waals surface area contributed by atoms with Gasteiger partial charge >= 0.3 is 0 Å². The maximum absolute atomic E-state index is 6.32. The van der Waals surface area contributed by atoms with E-state index in [0.29, 0.717) is 5.02 Å². The van der Waals surface area contributed by atoms with Crippen LogP contribution in [0.15, 0.2) is 36.7 Å². The van der Waals surface area contributed by atoms with Crippen LogP contribution in [0.25, 0.3) is 0 Å². The second kappa shape index (κ2) is 6.38. The van der Waals surface area contributed by atoms with Gasteiger partial charge in [-0.3, -0.25) is 4.98 Å². The molecule has 19 heavy (non-hydrogen) atoms. The molecular weight excluding hydrogens is 279 g/mol. The van der Waals surface area contributed by atoms with Crippen molar-refractivity contribution < 1.29 is 0 Å². The van der Waals surface area contributed by atoms with Gasteiger partial charge in [0, 0.05) is 23.5 Å². The molecule has 0 spiro atoms. The third-order valence-corrected chi connectivity index (χ3v) is 3.83. The zero-order chi connectivity index (χ0) is 13.8. The van der Waals surface area contributed by atoms with Gasteiger partial charge in [-0.1, -0.05) is 35.3 Å². The summed E-state index contributed by atoms with van der Waals surface area (Å²) in [5.41, 5.74) is 3.31. The van der Waals surface area contributed by atoms with E-state index in [4.69, 9.17) is 23.2 Å². The Hall–Kier alpha value is -1.09. The lowest BCUT2D eigenvalue weighted by Crippen LogP contribution is -2.19. The first-order chi connectivity index (χ1) is 9.11. The van der Waals surface area contributed by atoms with E-state index < -0.39 is 0 Å². The monoisotopic (exact) mass is 294 g/mol. The minimum absolute atomic E-state index is 0.132.